The zero-order valence-electron chi connectivity index (χ0n) is 8.03. The molecule has 3 nitrogen and oxygen atoms in total. The molecule has 0 aliphatic carbocycles. The van der Waals surface area contributed by atoms with Gasteiger partial charge in [0.25, 0.3) is 0 Å². The smallest absolute Gasteiger partial charge is 0.141 e. The number of carbonyl (C=O) groups is 1. The number of Topliss-reactive ketones (excluding diaryl/α,β-unsaturated/α-hetero) is 1. The van der Waals surface area contributed by atoms with Crippen LogP contribution in [0.5, 0.6) is 0 Å². The van der Waals surface area contributed by atoms with Gasteiger partial charge in [0.15, 0.2) is 0 Å². The molecule has 0 bridgehead atoms. The number of aromatic nitrogens is 2. The Labute approximate surface area is 78.2 Å². The van der Waals surface area contributed by atoms with Crippen molar-refractivity contribution in [2.75, 3.05) is 0 Å². The maximum atomic E-state index is 11.5. The molecule has 1 rings (SSSR count). The van der Waals surface area contributed by atoms with Crippen LogP contribution in [0.2, 0.25) is 0 Å². The first kappa shape index (κ1) is 9.84. The van der Waals surface area contributed by atoms with Crippen LogP contribution < -0.4 is 0 Å². The molecular weight excluding hydrogens is 164 g/mol. The first-order valence-electron chi connectivity index (χ1n) is 4.51. The van der Waals surface area contributed by atoms with Crippen molar-refractivity contribution in [3.05, 3.63) is 24.3 Å². The molecule has 0 radical (unpaired) electrons. The third kappa shape index (κ3) is 2.93. The molecule has 1 unspecified atom stereocenters. The average Bonchev–Trinajstić information content (AvgIpc) is 2.18. The first-order chi connectivity index (χ1) is 6.24. The molecular formula is C10H14N2O. The van der Waals surface area contributed by atoms with E-state index in [1.165, 1.54) is 0 Å². The summed E-state index contributed by atoms with van der Waals surface area (Å²) in [6.07, 6.45) is 6.15. The molecule has 3 heteroatoms. The summed E-state index contributed by atoms with van der Waals surface area (Å²) in [5, 5.41) is 0. The zero-order valence-corrected chi connectivity index (χ0v) is 8.03. The normalized spacial score (nSPS) is 12.5. The summed E-state index contributed by atoms with van der Waals surface area (Å²) in [6.45, 7) is 3.96. The van der Waals surface area contributed by atoms with E-state index in [0.717, 1.165) is 12.1 Å². The number of hydrogen-bond acceptors (Lipinski definition) is 3. The van der Waals surface area contributed by atoms with Gasteiger partial charge in [-0.25, -0.2) is 0 Å². The molecule has 0 fully saturated rings. The third-order valence-corrected chi connectivity index (χ3v) is 2.13. The largest absolute Gasteiger partial charge is 0.299 e. The van der Waals surface area contributed by atoms with Gasteiger partial charge in [-0.05, 0) is 6.42 Å². The molecule has 0 aliphatic rings. The van der Waals surface area contributed by atoms with E-state index < -0.39 is 0 Å². The number of nitrogens with zero attached hydrogens (tertiary/aromatic N) is 2. The van der Waals surface area contributed by atoms with Crippen molar-refractivity contribution >= 4 is 5.78 Å². The van der Waals surface area contributed by atoms with E-state index in [2.05, 4.69) is 9.97 Å². The van der Waals surface area contributed by atoms with Crippen molar-refractivity contribution in [2.45, 2.75) is 26.7 Å². The molecule has 0 aliphatic heterocycles. The molecule has 1 aromatic heterocycles. The van der Waals surface area contributed by atoms with E-state index in [1.807, 2.05) is 13.8 Å². The lowest BCUT2D eigenvalue weighted by molar-refractivity contribution is -0.121. The summed E-state index contributed by atoms with van der Waals surface area (Å²) in [4.78, 5) is 19.4. The van der Waals surface area contributed by atoms with Gasteiger partial charge in [-0.2, -0.15) is 0 Å². The average molecular weight is 178 g/mol. The highest BCUT2D eigenvalue weighted by Crippen LogP contribution is 2.05. The van der Waals surface area contributed by atoms with Crippen LogP contribution in [0.3, 0.4) is 0 Å². The van der Waals surface area contributed by atoms with Crippen molar-refractivity contribution in [3.63, 3.8) is 0 Å². The first-order valence-corrected chi connectivity index (χ1v) is 4.51. The predicted molar refractivity (Wildman–Crippen MR) is 50.2 cm³/mol. The fraction of sp³-hybridized carbons (Fsp3) is 0.500. The second-order valence-corrected chi connectivity index (χ2v) is 3.15. The summed E-state index contributed by atoms with van der Waals surface area (Å²) < 4.78 is 0. The second-order valence-electron chi connectivity index (χ2n) is 3.15. The van der Waals surface area contributed by atoms with E-state index in [4.69, 9.17) is 0 Å². The van der Waals surface area contributed by atoms with Crippen LogP contribution >= 0.6 is 0 Å². The van der Waals surface area contributed by atoms with E-state index in [9.17, 15) is 4.79 Å². The summed E-state index contributed by atoms with van der Waals surface area (Å²) in [6, 6.07) is 0. The van der Waals surface area contributed by atoms with Gasteiger partial charge in [0.2, 0.25) is 0 Å². The van der Waals surface area contributed by atoms with Gasteiger partial charge in [-0.15, -0.1) is 0 Å². The SMILES string of the molecule is CCC(C)C(=O)Cc1cnccn1. The van der Waals surface area contributed by atoms with Crippen molar-refractivity contribution in [1.29, 1.82) is 0 Å². The minimum atomic E-state index is 0.127. The van der Waals surface area contributed by atoms with Crippen LogP contribution in [0.15, 0.2) is 18.6 Å². The molecule has 70 valence electrons. The lowest BCUT2D eigenvalue weighted by Crippen LogP contribution is -2.13. The Hall–Kier alpha value is -1.25. The molecule has 0 amide bonds. The molecule has 13 heavy (non-hydrogen) atoms. The van der Waals surface area contributed by atoms with Crippen molar-refractivity contribution in [3.8, 4) is 0 Å². The molecule has 1 aromatic rings. The molecule has 1 heterocycles. The summed E-state index contributed by atoms with van der Waals surface area (Å²) >= 11 is 0. The van der Waals surface area contributed by atoms with Gasteiger partial charge >= 0.3 is 0 Å². The second kappa shape index (κ2) is 4.70. The Kier molecular flexibility index (Phi) is 3.55. The molecule has 0 spiro atoms. The highest BCUT2D eigenvalue weighted by atomic mass is 16.1. The maximum absolute atomic E-state index is 11.5. The van der Waals surface area contributed by atoms with Gasteiger partial charge in [-0.3, -0.25) is 14.8 Å². The highest BCUT2D eigenvalue weighted by molar-refractivity contribution is 5.82. The van der Waals surface area contributed by atoms with Gasteiger partial charge in [0.1, 0.15) is 5.78 Å². The fourth-order valence-corrected chi connectivity index (χ4v) is 1.00. The zero-order chi connectivity index (χ0) is 9.68. The summed E-state index contributed by atoms with van der Waals surface area (Å²) in [7, 11) is 0. The van der Waals surface area contributed by atoms with Gasteiger partial charge < -0.3 is 0 Å². The van der Waals surface area contributed by atoms with Gasteiger partial charge in [-0.1, -0.05) is 13.8 Å². The van der Waals surface area contributed by atoms with Gasteiger partial charge in [0.05, 0.1) is 12.1 Å². The van der Waals surface area contributed by atoms with Crippen LogP contribution in [0.1, 0.15) is 26.0 Å². The minimum absolute atomic E-state index is 0.127. The number of hydrogen-bond donors (Lipinski definition) is 0. The molecule has 0 saturated heterocycles. The molecule has 0 N–H and O–H groups in total. The minimum Gasteiger partial charge on any atom is -0.299 e. The lowest BCUT2D eigenvalue weighted by Gasteiger charge is -2.05. The summed E-state index contributed by atoms with van der Waals surface area (Å²) in [5.74, 6) is 0.366. The van der Waals surface area contributed by atoms with Gasteiger partial charge in [0, 0.05) is 24.5 Å². The van der Waals surface area contributed by atoms with E-state index >= 15 is 0 Å². The highest BCUT2D eigenvalue weighted by Gasteiger charge is 2.11. The van der Waals surface area contributed by atoms with E-state index in [1.54, 1.807) is 18.6 Å². The molecule has 0 aromatic carbocycles. The van der Waals surface area contributed by atoms with Crippen LogP contribution in [-0.2, 0) is 11.2 Å². The maximum Gasteiger partial charge on any atom is 0.141 e. The van der Waals surface area contributed by atoms with Crippen molar-refractivity contribution < 1.29 is 4.79 Å². The van der Waals surface area contributed by atoms with Crippen LogP contribution in [0.25, 0.3) is 0 Å². The number of rotatable bonds is 4. The Bertz CT molecular complexity index is 272. The van der Waals surface area contributed by atoms with Crippen LogP contribution in [-0.4, -0.2) is 15.8 Å². The fourth-order valence-electron chi connectivity index (χ4n) is 1.00. The standard InChI is InChI=1S/C10H14N2O/c1-3-8(2)10(13)6-9-7-11-4-5-12-9/h4-5,7-8H,3,6H2,1-2H3. The van der Waals surface area contributed by atoms with E-state index in [0.29, 0.717) is 6.42 Å². The quantitative estimate of drug-likeness (QED) is 0.703. The Morgan fingerprint density at radius 2 is 2.31 bits per heavy atom. The topological polar surface area (TPSA) is 42.9 Å². The lowest BCUT2D eigenvalue weighted by atomic mass is 10.0. The monoisotopic (exact) mass is 178 g/mol. The third-order valence-electron chi connectivity index (χ3n) is 2.13. The Balaban J connectivity index is 2.55. The van der Waals surface area contributed by atoms with Crippen LogP contribution in [0.4, 0.5) is 0 Å². The van der Waals surface area contributed by atoms with Crippen molar-refractivity contribution in [2.24, 2.45) is 5.92 Å². The Morgan fingerprint density at radius 3 is 2.85 bits per heavy atom. The summed E-state index contributed by atoms with van der Waals surface area (Å²) in [5.41, 5.74) is 0.757. The van der Waals surface area contributed by atoms with E-state index in [-0.39, 0.29) is 11.7 Å². The molecule has 1 atom stereocenters. The molecule has 0 saturated carbocycles. The predicted octanol–water partition coefficient (Wildman–Crippen LogP) is 1.63. The van der Waals surface area contributed by atoms with Crippen LogP contribution in [0, 0.1) is 5.92 Å². The number of carbonyl (C=O) groups excluding carboxylic acids is 1. The van der Waals surface area contributed by atoms with Crippen molar-refractivity contribution in [1.82, 2.24) is 9.97 Å². The number of ketones is 1. The Morgan fingerprint density at radius 1 is 1.54 bits per heavy atom.